The third kappa shape index (κ3) is 2.14. The number of nitrogens with two attached hydrogens (primary N) is 1. The van der Waals surface area contributed by atoms with E-state index in [4.69, 9.17) is 22.6 Å². The van der Waals surface area contributed by atoms with Crippen LogP contribution in [-0.2, 0) is 0 Å². The molecule has 0 saturated heterocycles. The lowest BCUT2D eigenvalue weighted by Gasteiger charge is -1.82. The van der Waals surface area contributed by atoms with Crippen molar-refractivity contribution in [1.82, 2.24) is 10.2 Å². The van der Waals surface area contributed by atoms with Gasteiger partial charge in [0, 0.05) is 12.3 Å². The van der Waals surface area contributed by atoms with Gasteiger partial charge < -0.3 is 5.73 Å². The van der Waals surface area contributed by atoms with Crippen molar-refractivity contribution in [2.75, 3.05) is 11.6 Å². The van der Waals surface area contributed by atoms with E-state index in [-0.39, 0.29) is 5.82 Å². The Labute approximate surface area is 80.7 Å². The topological polar surface area (TPSA) is 78.5 Å². The summed E-state index contributed by atoms with van der Waals surface area (Å²) in [5, 5.41) is 14.9. The number of nitrogens with zero attached hydrogens (tertiary/aromatic N) is 2. The van der Waals surface area contributed by atoms with Crippen LogP contribution in [0.15, 0.2) is 0 Å². The molecule has 1 heterocycles. The minimum atomic E-state index is 0.178. The van der Waals surface area contributed by atoms with Gasteiger partial charge in [0.2, 0.25) is 0 Å². The number of hydrogen-bond donors (Lipinski definition) is 2. The largest absolute Gasteiger partial charge is 0.381 e. The van der Waals surface area contributed by atoms with Gasteiger partial charge in [0.05, 0.1) is 0 Å². The van der Waals surface area contributed by atoms with Crippen LogP contribution in [0.25, 0.3) is 0 Å². The van der Waals surface area contributed by atoms with E-state index in [1.165, 1.54) is 0 Å². The van der Waals surface area contributed by atoms with Crippen molar-refractivity contribution < 1.29 is 0 Å². The summed E-state index contributed by atoms with van der Waals surface area (Å²) in [5.74, 6) is 6.16. The molecular weight excluding hydrogens is 188 g/mol. The van der Waals surface area contributed by atoms with Crippen LogP contribution in [-0.4, -0.2) is 16.1 Å². The van der Waals surface area contributed by atoms with E-state index < -0.39 is 0 Å². The van der Waals surface area contributed by atoms with Crippen molar-refractivity contribution in [3.05, 3.63) is 11.3 Å². The van der Waals surface area contributed by atoms with Crippen molar-refractivity contribution in [3.63, 3.8) is 0 Å². The van der Waals surface area contributed by atoms with Crippen LogP contribution in [0.2, 0.25) is 0 Å². The van der Waals surface area contributed by atoms with Gasteiger partial charge in [-0.1, -0.05) is 5.92 Å². The minimum absolute atomic E-state index is 0.178. The molecule has 0 aliphatic carbocycles. The predicted molar refractivity (Wildman–Crippen MR) is 49.9 cm³/mol. The average Bonchev–Trinajstić information content (AvgIpc) is 2.47. The normalized spacial score (nSPS) is 8.62. The fraction of sp³-hybridized carbons (Fsp3) is 0.250. The standard InChI is InChI=1S/C8H7ClN4/c9-4-2-1-3-7-6(5-10)8(11)13-12-7/h2,4H2,(H3,11,12,13). The first-order valence-corrected chi connectivity index (χ1v) is 4.11. The Hall–Kier alpha value is -1.65. The van der Waals surface area contributed by atoms with Gasteiger partial charge >= 0.3 is 0 Å². The van der Waals surface area contributed by atoms with Gasteiger partial charge in [-0.2, -0.15) is 10.4 Å². The molecule has 3 N–H and O–H groups in total. The Kier molecular flexibility index (Phi) is 3.19. The molecular formula is C8H7ClN4. The van der Waals surface area contributed by atoms with Gasteiger partial charge in [-0.3, -0.25) is 5.10 Å². The van der Waals surface area contributed by atoms with Crippen molar-refractivity contribution >= 4 is 17.4 Å². The van der Waals surface area contributed by atoms with E-state index >= 15 is 0 Å². The zero-order chi connectivity index (χ0) is 9.68. The van der Waals surface area contributed by atoms with Crippen LogP contribution >= 0.6 is 11.6 Å². The first-order valence-electron chi connectivity index (χ1n) is 3.58. The molecule has 0 amide bonds. The van der Waals surface area contributed by atoms with Gasteiger partial charge in [0.25, 0.3) is 0 Å². The monoisotopic (exact) mass is 194 g/mol. The van der Waals surface area contributed by atoms with E-state index in [9.17, 15) is 0 Å². The number of H-pyrrole nitrogens is 1. The molecule has 0 radical (unpaired) electrons. The molecule has 0 fully saturated rings. The maximum atomic E-state index is 8.66. The van der Waals surface area contributed by atoms with Crippen molar-refractivity contribution in [2.24, 2.45) is 0 Å². The molecule has 0 spiro atoms. The summed E-state index contributed by atoms with van der Waals surface area (Å²) in [7, 11) is 0. The predicted octanol–water partition coefficient (Wildman–Crippen LogP) is 0.844. The molecule has 5 heteroatoms. The quantitative estimate of drug-likeness (QED) is 0.514. The number of aromatic nitrogens is 2. The second-order valence-corrected chi connectivity index (χ2v) is 2.59. The third-order valence-electron chi connectivity index (χ3n) is 1.34. The molecule has 0 bridgehead atoms. The Bertz CT molecular complexity index is 391. The molecule has 0 unspecified atom stereocenters. The molecule has 1 rings (SSSR count). The molecule has 13 heavy (non-hydrogen) atoms. The molecule has 0 saturated carbocycles. The molecule has 1 aromatic heterocycles. The summed E-state index contributed by atoms with van der Waals surface area (Å²) in [4.78, 5) is 0. The summed E-state index contributed by atoms with van der Waals surface area (Å²) in [6.07, 6.45) is 0.575. The number of halogens is 1. The molecule has 0 aromatic carbocycles. The van der Waals surface area contributed by atoms with Gasteiger partial charge in [-0.05, 0) is 5.92 Å². The Morgan fingerprint density at radius 1 is 1.62 bits per heavy atom. The second-order valence-electron chi connectivity index (χ2n) is 2.21. The van der Waals surface area contributed by atoms with E-state index in [1.807, 2.05) is 6.07 Å². The van der Waals surface area contributed by atoms with Crippen LogP contribution in [0.1, 0.15) is 17.7 Å². The maximum absolute atomic E-state index is 8.66. The van der Waals surface area contributed by atoms with Gasteiger partial charge in [0.15, 0.2) is 5.82 Å². The average molecular weight is 195 g/mol. The smallest absolute Gasteiger partial charge is 0.164 e. The fourth-order valence-electron chi connectivity index (χ4n) is 0.758. The fourth-order valence-corrected chi connectivity index (χ4v) is 0.852. The SMILES string of the molecule is N#Cc1c(N)n[nH]c1C#CCCCl. The number of nitrogens with one attached hydrogen (secondary N) is 1. The van der Waals surface area contributed by atoms with E-state index in [0.717, 1.165) is 0 Å². The van der Waals surface area contributed by atoms with Crippen LogP contribution in [0.4, 0.5) is 5.82 Å². The number of nitriles is 1. The Balaban J connectivity index is 2.92. The molecule has 66 valence electrons. The highest BCUT2D eigenvalue weighted by Gasteiger charge is 2.06. The number of hydrogen-bond acceptors (Lipinski definition) is 3. The summed E-state index contributed by atoms with van der Waals surface area (Å²) >= 11 is 5.43. The van der Waals surface area contributed by atoms with Gasteiger partial charge in [-0.15, -0.1) is 11.6 Å². The Morgan fingerprint density at radius 2 is 2.38 bits per heavy atom. The lowest BCUT2D eigenvalue weighted by Crippen LogP contribution is -1.87. The van der Waals surface area contributed by atoms with E-state index in [1.54, 1.807) is 0 Å². The number of anilines is 1. The second kappa shape index (κ2) is 4.39. The molecule has 1 aromatic rings. The number of alkyl halides is 1. The summed E-state index contributed by atoms with van der Waals surface area (Å²) in [5.41, 5.74) is 6.14. The van der Waals surface area contributed by atoms with Gasteiger partial charge in [0.1, 0.15) is 17.3 Å². The van der Waals surface area contributed by atoms with Crippen LogP contribution in [0, 0.1) is 23.2 Å². The molecule has 4 nitrogen and oxygen atoms in total. The lowest BCUT2D eigenvalue weighted by atomic mass is 10.2. The number of nitrogen functional groups attached to an aromatic ring is 1. The zero-order valence-electron chi connectivity index (χ0n) is 6.76. The Morgan fingerprint density at radius 3 is 3.00 bits per heavy atom. The lowest BCUT2D eigenvalue weighted by molar-refractivity contribution is 1.08. The highest BCUT2D eigenvalue weighted by atomic mass is 35.5. The van der Waals surface area contributed by atoms with Crippen LogP contribution in [0.3, 0.4) is 0 Å². The minimum Gasteiger partial charge on any atom is -0.381 e. The molecule has 0 atom stereocenters. The zero-order valence-corrected chi connectivity index (χ0v) is 7.52. The first kappa shape index (κ1) is 9.44. The summed E-state index contributed by atoms with van der Waals surface area (Å²) in [6, 6.07) is 1.92. The first-order chi connectivity index (χ1) is 6.29. The van der Waals surface area contributed by atoms with Crippen molar-refractivity contribution in [2.45, 2.75) is 6.42 Å². The molecule has 0 aliphatic rings. The summed E-state index contributed by atoms with van der Waals surface area (Å²) < 4.78 is 0. The highest BCUT2D eigenvalue weighted by Crippen LogP contribution is 2.09. The van der Waals surface area contributed by atoms with E-state index in [0.29, 0.717) is 23.6 Å². The van der Waals surface area contributed by atoms with Crippen molar-refractivity contribution in [3.8, 4) is 17.9 Å². The van der Waals surface area contributed by atoms with Gasteiger partial charge in [-0.25, -0.2) is 0 Å². The highest BCUT2D eigenvalue weighted by molar-refractivity contribution is 6.18. The third-order valence-corrected chi connectivity index (χ3v) is 1.53. The van der Waals surface area contributed by atoms with E-state index in [2.05, 4.69) is 22.0 Å². The van der Waals surface area contributed by atoms with Crippen LogP contribution in [0.5, 0.6) is 0 Å². The number of rotatable bonds is 1. The van der Waals surface area contributed by atoms with Crippen LogP contribution < -0.4 is 5.73 Å². The summed E-state index contributed by atoms with van der Waals surface area (Å²) in [6.45, 7) is 0. The number of aromatic amines is 1. The van der Waals surface area contributed by atoms with Crippen molar-refractivity contribution in [1.29, 1.82) is 5.26 Å². The maximum Gasteiger partial charge on any atom is 0.164 e. The molecule has 0 aliphatic heterocycles.